The van der Waals surface area contributed by atoms with Crippen molar-refractivity contribution in [2.24, 2.45) is 5.92 Å². The minimum Gasteiger partial charge on any atom is -0.481 e. The summed E-state index contributed by atoms with van der Waals surface area (Å²) in [6.45, 7) is 5.85. The van der Waals surface area contributed by atoms with Crippen LogP contribution in [0.2, 0.25) is 0 Å². The molecule has 0 aliphatic carbocycles. The summed E-state index contributed by atoms with van der Waals surface area (Å²) in [6, 6.07) is -0.368. The van der Waals surface area contributed by atoms with E-state index in [0.717, 1.165) is 6.42 Å². The third-order valence-corrected chi connectivity index (χ3v) is 2.71. The predicted octanol–water partition coefficient (Wildman–Crippen LogP) is 0.900. The highest BCUT2D eigenvalue weighted by Gasteiger charge is 2.20. The Labute approximate surface area is 108 Å². The Hall–Kier alpha value is -1.30. The number of rotatable bonds is 8. The lowest BCUT2D eigenvalue weighted by molar-refractivity contribution is -0.141. The van der Waals surface area contributed by atoms with Crippen molar-refractivity contribution in [1.29, 1.82) is 0 Å². The first-order chi connectivity index (χ1) is 8.43. The SMILES string of the molecule is CCCC(CNC(=O)N(CCO)C(C)C)C(=O)O. The number of nitrogens with zero attached hydrogens (tertiary/aromatic N) is 1. The summed E-state index contributed by atoms with van der Waals surface area (Å²) in [4.78, 5) is 24.2. The smallest absolute Gasteiger partial charge is 0.317 e. The van der Waals surface area contributed by atoms with Crippen molar-refractivity contribution in [2.45, 2.75) is 39.7 Å². The van der Waals surface area contributed by atoms with Crippen LogP contribution in [0.15, 0.2) is 0 Å². The van der Waals surface area contributed by atoms with E-state index in [9.17, 15) is 9.59 Å². The van der Waals surface area contributed by atoms with Gasteiger partial charge in [-0.05, 0) is 20.3 Å². The van der Waals surface area contributed by atoms with Gasteiger partial charge in [-0.2, -0.15) is 0 Å². The number of carbonyl (C=O) groups is 2. The molecule has 0 saturated heterocycles. The van der Waals surface area contributed by atoms with Gasteiger partial charge < -0.3 is 20.4 Å². The average molecular weight is 260 g/mol. The Bertz CT molecular complexity index is 269. The number of carboxylic acid groups (broad SMARTS) is 1. The van der Waals surface area contributed by atoms with E-state index < -0.39 is 11.9 Å². The lowest BCUT2D eigenvalue weighted by Gasteiger charge is -2.26. The number of urea groups is 1. The summed E-state index contributed by atoms with van der Waals surface area (Å²) >= 11 is 0. The summed E-state index contributed by atoms with van der Waals surface area (Å²) in [6.07, 6.45) is 1.30. The molecule has 2 amide bonds. The molecule has 0 aromatic rings. The molecular weight excluding hydrogens is 236 g/mol. The van der Waals surface area contributed by atoms with Gasteiger partial charge in [-0.25, -0.2) is 4.79 Å². The van der Waals surface area contributed by atoms with E-state index in [2.05, 4.69) is 5.32 Å². The third-order valence-electron chi connectivity index (χ3n) is 2.71. The zero-order chi connectivity index (χ0) is 14.1. The van der Waals surface area contributed by atoms with Crippen LogP contribution < -0.4 is 5.32 Å². The van der Waals surface area contributed by atoms with Gasteiger partial charge in [0.2, 0.25) is 0 Å². The fourth-order valence-electron chi connectivity index (χ4n) is 1.68. The largest absolute Gasteiger partial charge is 0.481 e. The lowest BCUT2D eigenvalue weighted by atomic mass is 10.0. The van der Waals surface area contributed by atoms with Crippen LogP contribution in [-0.4, -0.2) is 52.9 Å². The predicted molar refractivity (Wildman–Crippen MR) is 68.4 cm³/mol. The van der Waals surface area contributed by atoms with E-state index in [0.29, 0.717) is 6.42 Å². The van der Waals surface area contributed by atoms with Gasteiger partial charge in [0.05, 0.1) is 12.5 Å². The van der Waals surface area contributed by atoms with Gasteiger partial charge in [0, 0.05) is 19.1 Å². The Morgan fingerprint density at radius 1 is 1.33 bits per heavy atom. The molecule has 3 N–H and O–H groups in total. The van der Waals surface area contributed by atoms with Gasteiger partial charge in [0.1, 0.15) is 0 Å². The number of aliphatic hydroxyl groups is 1. The monoisotopic (exact) mass is 260 g/mol. The molecule has 0 aromatic heterocycles. The Kier molecular flexibility index (Phi) is 8.11. The van der Waals surface area contributed by atoms with E-state index in [1.165, 1.54) is 4.90 Å². The molecule has 6 nitrogen and oxygen atoms in total. The molecule has 0 heterocycles. The maximum Gasteiger partial charge on any atom is 0.317 e. The molecule has 0 radical (unpaired) electrons. The molecule has 1 atom stereocenters. The van der Waals surface area contributed by atoms with E-state index in [4.69, 9.17) is 10.2 Å². The van der Waals surface area contributed by atoms with Gasteiger partial charge in [0.25, 0.3) is 0 Å². The van der Waals surface area contributed by atoms with E-state index in [1.807, 2.05) is 20.8 Å². The molecule has 0 bridgehead atoms. The molecule has 0 aliphatic heterocycles. The van der Waals surface area contributed by atoms with Gasteiger partial charge in [-0.15, -0.1) is 0 Å². The lowest BCUT2D eigenvalue weighted by Crippen LogP contribution is -2.47. The summed E-state index contributed by atoms with van der Waals surface area (Å²) in [7, 11) is 0. The second kappa shape index (κ2) is 8.74. The van der Waals surface area contributed by atoms with E-state index >= 15 is 0 Å². The second-order valence-electron chi connectivity index (χ2n) is 4.52. The number of aliphatic hydroxyl groups excluding tert-OH is 1. The number of nitrogens with one attached hydrogen (secondary N) is 1. The minimum absolute atomic E-state index is 0.0356. The van der Waals surface area contributed by atoms with Crippen molar-refractivity contribution in [3.63, 3.8) is 0 Å². The summed E-state index contributed by atoms with van der Waals surface area (Å²) in [5.41, 5.74) is 0. The first-order valence-electron chi connectivity index (χ1n) is 6.32. The van der Waals surface area contributed by atoms with Crippen LogP contribution in [0.25, 0.3) is 0 Å². The minimum atomic E-state index is -0.893. The third kappa shape index (κ3) is 5.86. The number of hydrogen-bond donors (Lipinski definition) is 3. The summed E-state index contributed by atoms with van der Waals surface area (Å²) in [5, 5.41) is 20.4. The first kappa shape index (κ1) is 16.7. The molecule has 0 aliphatic rings. The van der Waals surface area contributed by atoms with Crippen LogP contribution >= 0.6 is 0 Å². The van der Waals surface area contributed by atoms with Crippen LogP contribution in [-0.2, 0) is 4.79 Å². The highest BCUT2D eigenvalue weighted by atomic mass is 16.4. The second-order valence-corrected chi connectivity index (χ2v) is 4.52. The number of hydrogen-bond acceptors (Lipinski definition) is 3. The molecular formula is C12H24N2O4. The average Bonchev–Trinajstić information content (AvgIpc) is 2.30. The van der Waals surface area contributed by atoms with Crippen LogP contribution in [0.4, 0.5) is 4.79 Å². The molecule has 0 fully saturated rings. The number of carbonyl (C=O) groups excluding carboxylic acids is 1. The molecule has 18 heavy (non-hydrogen) atoms. The van der Waals surface area contributed by atoms with Crippen LogP contribution in [0, 0.1) is 5.92 Å². The fourth-order valence-corrected chi connectivity index (χ4v) is 1.68. The molecule has 0 aromatic carbocycles. The zero-order valence-corrected chi connectivity index (χ0v) is 11.3. The molecule has 6 heteroatoms. The maximum absolute atomic E-state index is 11.8. The van der Waals surface area contributed by atoms with Crippen LogP contribution in [0.1, 0.15) is 33.6 Å². The highest BCUT2D eigenvalue weighted by molar-refractivity contribution is 5.76. The Morgan fingerprint density at radius 3 is 2.33 bits per heavy atom. The molecule has 0 rings (SSSR count). The van der Waals surface area contributed by atoms with Crippen molar-refractivity contribution in [3.8, 4) is 0 Å². The van der Waals surface area contributed by atoms with Crippen molar-refractivity contribution >= 4 is 12.0 Å². The summed E-state index contributed by atoms with van der Waals surface area (Å²) in [5.74, 6) is -1.45. The molecule has 0 spiro atoms. The Morgan fingerprint density at radius 2 is 1.94 bits per heavy atom. The first-order valence-corrected chi connectivity index (χ1v) is 6.32. The van der Waals surface area contributed by atoms with Crippen LogP contribution in [0.5, 0.6) is 0 Å². The number of carboxylic acids is 1. The normalized spacial score (nSPS) is 12.3. The fraction of sp³-hybridized carbons (Fsp3) is 0.833. The van der Waals surface area contributed by atoms with Crippen molar-refractivity contribution in [2.75, 3.05) is 19.7 Å². The number of amides is 2. The quantitative estimate of drug-likeness (QED) is 0.605. The molecule has 106 valence electrons. The number of aliphatic carboxylic acids is 1. The van der Waals surface area contributed by atoms with Gasteiger partial charge in [-0.3, -0.25) is 4.79 Å². The van der Waals surface area contributed by atoms with Crippen molar-refractivity contribution < 1.29 is 19.8 Å². The standard InChI is InChI=1S/C12H24N2O4/c1-4-5-10(11(16)17)8-13-12(18)14(6-7-15)9(2)3/h9-10,15H,4-8H2,1-3H3,(H,13,18)(H,16,17). The van der Waals surface area contributed by atoms with E-state index in [-0.39, 0.29) is 31.8 Å². The topological polar surface area (TPSA) is 89.9 Å². The zero-order valence-electron chi connectivity index (χ0n) is 11.3. The maximum atomic E-state index is 11.8. The van der Waals surface area contributed by atoms with Crippen molar-refractivity contribution in [3.05, 3.63) is 0 Å². The molecule has 0 saturated carbocycles. The van der Waals surface area contributed by atoms with Gasteiger partial charge in [0.15, 0.2) is 0 Å². The van der Waals surface area contributed by atoms with Gasteiger partial charge in [-0.1, -0.05) is 13.3 Å². The van der Waals surface area contributed by atoms with E-state index in [1.54, 1.807) is 0 Å². The molecule has 1 unspecified atom stereocenters. The van der Waals surface area contributed by atoms with Crippen molar-refractivity contribution in [1.82, 2.24) is 10.2 Å². The van der Waals surface area contributed by atoms with Crippen LogP contribution in [0.3, 0.4) is 0 Å². The highest BCUT2D eigenvalue weighted by Crippen LogP contribution is 2.06. The van der Waals surface area contributed by atoms with Gasteiger partial charge >= 0.3 is 12.0 Å². The Balaban J connectivity index is 4.31. The summed E-state index contributed by atoms with van der Waals surface area (Å²) < 4.78 is 0.